The molecule has 0 unspecified atom stereocenters. The third kappa shape index (κ3) is 3.99. The number of carbonyl (C=O) groups excluding carboxylic acids is 1. The van der Waals surface area contributed by atoms with Crippen molar-refractivity contribution in [2.24, 2.45) is 5.10 Å². The second-order valence-corrected chi connectivity index (χ2v) is 4.93. The van der Waals surface area contributed by atoms with Crippen LogP contribution in [-0.2, 0) is 11.2 Å². The fourth-order valence-electron chi connectivity index (χ4n) is 1.47. The largest absolute Gasteiger partial charge is 0.273 e. The summed E-state index contributed by atoms with van der Waals surface area (Å²) >= 11 is 1.51. The number of thiophene rings is 1. The minimum Gasteiger partial charge on any atom is -0.273 e. The first-order chi connectivity index (χ1) is 9.65. The summed E-state index contributed by atoms with van der Waals surface area (Å²) in [6.45, 7) is 0. The number of nitrogens with zero attached hydrogens (tertiary/aromatic N) is 2. The van der Waals surface area contributed by atoms with Gasteiger partial charge in [-0.2, -0.15) is 5.10 Å². The number of hydrogen-bond donors (Lipinski definition) is 1. The Balaban J connectivity index is 1.86. The van der Waals surface area contributed by atoms with Crippen molar-refractivity contribution in [3.63, 3.8) is 0 Å². The number of rotatable bonds is 5. The molecule has 0 aliphatic heterocycles. The highest BCUT2D eigenvalue weighted by Gasteiger charge is 2.03. The molecule has 1 aromatic heterocycles. The number of non-ortho nitro benzene ring substituents is 1. The molecule has 1 heterocycles. The number of hydrogen-bond acceptors (Lipinski definition) is 5. The van der Waals surface area contributed by atoms with Crippen LogP contribution in [0.2, 0.25) is 0 Å². The number of amides is 1. The molecule has 102 valence electrons. The molecule has 0 saturated heterocycles. The molecule has 20 heavy (non-hydrogen) atoms. The Labute approximate surface area is 118 Å². The van der Waals surface area contributed by atoms with E-state index in [2.05, 4.69) is 10.5 Å². The van der Waals surface area contributed by atoms with E-state index in [0.717, 1.165) is 4.88 Å². The second kappa shape index (κ2) is 6.58. The molecule has 1 aromatic carbocycles. The monoisotopic (exact) mass is 289 g/mol. The van der Waals surface area contributed by atoms with Crippen LogP contribution in [0.5, 0.6) is 0 Å². The zero-order valence-corrected chi connectivity index (χ0v) is 11.2. The average molecular weight is 289 g/mol. The molecule has 0 spiro atoms. The molecule has 0 radical (unpaired) electrons. The lowest BCUT2D eigenvalue weighted by molar-refractivity contribution is -0.384. The molecule has 0 aliphatic carbocycles. The van der Waals surface area contributed by atoms with Crippen LogP contribution in [0.1, 0.15) is 10.4 Å². The SMILES string of the molecule is O=C(Cc1cccs1)N/N=C\c1ccc([N+](=O)[O-])cc1. The summed E-state index contributed by atoms with van der Waals surface area (Å²) in [7, 11) is 0. The van der Waals surface area contributed by atoms with Crippen molar-refractivity contribution in [1.29, 1.82) is 0 Å². The fraction of sp³-hybridized carbons (Fsp3) is 0.0769. The van der Waals surface area contributed by atoms with Gasteiger partial charge in [-0.25, -0.2) is 5.43 Å². The van der Waals surface area contributed by atoms with Crippen molar-refractivity contribution >= 4 is 29.1 Å². The zero-order chi connectivity index (χ0) is 14.4. The molecule has 6 nitrogen and oxygen atoms in total. The van der Waals surface area contributed by atoms with Gasteiger partial charge in [-0.1, -0.05) is 6.07 Å². The normalized spacial score (nSPS) is 10.6. The van der Waals surface area contributed by atoms with Gasteiger partial charge in [0.15, 0.2) is 0 Å². The maximum atomic E-state index is 11.5. The average Bonchev–Trinajstić information content (AvgIpc) is 2.92. The molecule has 0 bridgehead atoms. The lowest BCUT2D eigenvalue weighted by Gasteiger charge is -1.97. The Kier molecular flexibility index (Phi) is 4.56. The van der Waals surface area contributed by atoms with Gasteiger partial charge in [0.25, 0.3) is 5.69 Å². The number of carbonyl (C=O) groups is 1. The van der Waals surface area contributed by atoms with Gasteiger partial charge < -0.3 is 0 Å². The molecule has 7 heteroatoms. The number of benzene rings is 1. The van der Waals surface area contributed by atoms with Crippen LogP contribution in [0.3, 0.4) is 0 Å². The standard InChI is InChI=1S/C13H11N3O3S/c17-13(8-12-2-1-7-20-12)15-14-9-10-3-5-11(6-4-10)16(18)19/h1-7,9H,8H2,(H,15,17)/b14-9-. The first kappa shape index (κ1) is 13.9. The van der Waals surface area contributed by atoms with Crippen LogP contribution in [0.25, 0.3) is 0 Å². The topological polar surface area (TPSA) is 84.6 Å². The van der Waals surface area contributed by atoms with E-state index in [-0.39, 0.29) is 18.0 Å². The van der Waals surface area contributed by atoms with Crippen LogP contribution in [0, 0.1) is 10.1 Å². The molecule has 0 saturated carbocycles. The highest BCUT2D eigenvalue weighted by molar-refractivity contribution is 7.10. The van der Waals surface area contributed by atoms with Crippen LogP contribution < -0.4 is 5.43 Å². The van der Waals surface area contributed by atoms with Gasteiger partial charge >= 0.3 is 0 Å². The van der Waals surface area contributed by atoms with Crippen LogP contribution in [0.4, 0.5) is 5.69 Å². The predicted molar refractivity (Wildman–Crippen MR) is 76.9 cm³/mol. The van der Waals surface area contributed by atoms with Crippen LogP contribution >= 0.6 is 11.3 Å². The first-order valence-corrected chi connectivity index (χ1v) is 6.62. The lowest BCUT2D eigenvalue weighted by Crippen LogP contribution is -2.19. The third-order valence-corrected chi connectivity index (χ3v) is 3.30. The summed E-state index contributed by atoms with van der Waals surface area (Å²) in [5.74, 6) is -0.203. The molecule has 1 N–H and O–H groups in total. The van der Waals surface area contributed by atoms with Crippen molar-refractivity contribution in [2.75, 3.05) is 0 Å². The van der Waals surface area contributed by atoms with Crippen LogP contribution in [0.15, 0.2) is 46.9 Å². The number of nitro groups is 1. The maximum absolute atomic E-state index is 11.5. The molecular weight excluding hydrogens is 278 g/mol. The molecule has 0 fully saturated rings. The first-order valence-electron chi connectivity index (χ1n) is 5.74. The van der Waals surface area contributed by atoms with E-state index in [4.69, 9.17) is 0 Å². The zero-order valence-electron chi connectivity index (χ0n) is 10.4. The second-order valence-electron chi connectivity index (χ2n) is 3.90. The predicted octanol–water partition coefficient (Wildman–Crippen LogP) is 2.35. The van der Waals surface area contributed by atoms with Crippen molar-refractivity contribution in [2.45, 2.75) is 6.42 Å². The molecule has 0 atom stereocenters. The summed E-state index contributed by atoms with van der Waals surface area (Å²) in [5, 5.41) is 16.2. The Morgan fingerprint density at radius 1 is 1.35 bits per heavy atom. The quantitative estimate of drug-likeness (QED) is 0.521. The molecule has 2 aromatic rings. The Hall–Kier alpha value is -2.54. The lowest BCUT2D eigenvalue weighted by atomic mass is 10.2. The number of hydrazone groups is 1. The minimum absolute atomic E-state index is 0.0175. The Morgan fingerprint density at radius 3 is 2.70 bits per heavy atom. The molecule has 2 rings (SSSR count). The molecule has 0 aliphatic rings. The van der Waals surface area contributed by atoms with Gasteiger partial charge in [0.05, 0.1) is 17.6 Å². The van der Waals surface area contributed by atoms with E-state index in [9.17, 15) is 14.9 Å². The van der Waals surface area contributed by atoms with E-state index in [1.807, 2.05) is 17.5 Å². The molecular formula is C13H11N3O3S. The number of nitrogens with one attached hydrogen (secondary N) is 1. The van der Waals surface area contributed by atoms with Crippen molar-refractivity contribution in [3.8, 4) is 0 Å². The van der Waals surface area contributed by atoms with E-state index < -0.39 is 4.92 Å². The Bertz CT molecular complexity index is 621. The van der Waals surface area contributed by atoms with Crippen molar-refractivity contribution in [3.05, 3.63) is 62.3 Å². The van der Waals surface area contributed by atoms with Gasteiger partial charge in [-0.05, 0) is 29.1 Å². The summed E-state index contributed by atoms with van der Waals surface area (Å²) in [6, 6.07) is 9.65. The Morgan fingerprint density at radius 2 is 2.10 bits per heavy atom. The third-order valence-electron chi connectivity index (χ3n) is 2.42. The molecule has 1 amide bonds. The number of nitro benzene ring substituents is 1. The smallest absolute Gasteiger partial charge is 0.269 e. The fourth-order valence-corrected chi connectivity index (χ4v) is 2.18. The minimum atomic E-state index is -0.469. The van der Waals surface area contributed by atoms with E-state index in [1.54, 1.807) is 12.1 Å². The van der Waals surface area contributed by atoms with E-state index in [0.29, 0.717) is 5.56 Å². The highest BCUT2D eigenvalue weighted by atomic mass is 32.1. The van der Waals surface area contributed by atoms with Gasteiger partial charge in [0, 0.05) is 17.0 Å². The van der Waals surface area contributed by atoms with Gasteiger partial charge in [-0.15, -0.1) is 11.3 Å². The summed E-state index contributed by atoms with van der Waals surface area (Å²) < 4.78 is 0. The van der Waals surface area contributed by atoms with Gasteiger partial charge in [0.1, 0.15) is 0 Å². The highest BCUT2D eigenvalue weighted by Crippen LogP contribution is 2.10. The van der Waals surface area contributed by atoms with Crippen LogP contribution in [-0.4, -0.2) is 17.0 Å². The van der Waals surface area contributed by atoms with Gasteiger partial charge in [-0.3, -0.25) is 14.9 Å². The summed E-state index contributed by atoms with van der Waals surface area (Å²) in [6.07, 6.45) is 1.73. The summed E-state index contributed by atoms with van der Waals surface area (Å²) in [4.78, 5) is 22.5. The van der Waals surface area contributed by atoms with Crippen molar-refractivity contribution in [1.82, 2.24) is 5.43 Å². The van der Waals surface area contributed by atoms with E-state index in [1.165, 1.54) is 29.7 Å². The van der Waals surface area contributed by atoms with Crippen molar-refractivity contribution < 1.29 is 9.72 Å². The van der Waals surface area contributed by atoms with Gasteiger partial charge in [0.2, 0.25) is 5.91 Å². The summed E-state index contributed by atoms with van der Waals surface area (Å²) in [5.41, 5.74) is 3.10. The van der Waals surface area contributed by atoms with E-state index >= 15 is 0 Å². The maximum Gasteiger partial charge on any atom is 0.269 e.